The lowest BCUT2D eigenvalue weighted by Gasteiger charge is -2.20. The van der Waals surface area contributed by atoms with Gasteiger partial charge in [-0.25, -0.2) is 15.0 Å². The van der Waals surface area contributed by atoms with Gasteiger partial charge < -0.3 is 4.74 Å². The molecule has 4 heterocycles. The molecule has 0 unspecified atom stereocenters. The van der Waals surface area contributed by atoms with Gasteiger partial charge in [0.15, 0.2) is 0 Å². The first-order valence-corrected chi connectivity index (χ1v) is 15.3. The van der Waals surface area contributed by atoms with Crippen LogP contribution in [-0.2, 0) is 5.41 Å². The Morgan fingerprint density at radius 1 is 0.667 bits per heavy atom. The molecule has 45 heavy (non-hydrogen) atoms. The molecular weight excluding hydrogens is 554 g/mol. The molecule has 0 aliphatic heterocycles. The van der Waals surface area contributed by atoms with Gasteiger partial charge in [-0.2, -0.15) is 0 Å². The van der Waals surface area contributed by atoms with Gasteiger partial charge in [0, 0.05) is 46.4 Å². The van der Waals surface area contributed by atoms with E-state index in [-0.39, 0.29) is 5.41 Å². The predicted molar refractivity (Wildman–Crippen MR) is 183 cm³/mol. The minimum atomic E-state index is 0.00937. The van der Waals surface area contributed by atoms with Gasteiger partial charge in [0.2, 0.25) is 0 Å². The molecule has 0 saturated carbocycles. The third kappa shape index (κ3) is 4.44. The molecule has 6 heteroatoms. The Kier molecular flexibility index (Phi) is 6.04. The van der Waals surface area contributed by atoms with E-state index in [1.165, 1.54) is 22.1 Å². The number of imidazole rings is 1. The van der Waals surface area contributed by atoms with Crippen LogP contribution in [0, 0.1) is 13.8 Å². The quantitative estimate of drug-likeness (QED) is 0.206. The normalized spacial score (nSPS) is 12.1. The van der Waals surface area contributed by atoms with Crippen LogP contribution >= 0.6 is 0 Å². The lowest BCUT2D eigenvalue weighted by atomic mass is 9.88. The van der Waals surface area contributed by atoms with Gasteiger partial charge in [-0.05, 0) is 84.5 Å². The Morgan fingerprint density at radius 3 is 2.24 bits per heavy atom. The number of ether oxygens (including phenoxy) is 1. The molecule has 0 bridgehead atoms. The lowest BCUT2D eigenvalue weighted by molar-refractivity contribution is 0.484. The third-order valence-electron chi connectivity index (χ3n) is 8.73. The largest absolute Gasteiger partial charge is 0.457 e. The van der Waals surface area contributed by atoms with E-state index >= 15 is 0 Å². The lowest BCUT2D eigenvalue weighted by Crippen LogP contribution is -2.12. The minimum Gasteiger partial charge on any atom is -0.457 e. The van der Waals surface area contributed by atoms with Gasteiger partial charge in [-0.15, -0.1) is 0 Å². The summed E-state index contributed by atoms with van der Waals surface area (Å²) in [5, 5.41) is 3.27. The number of fused-ring (bicyclic) bond motifs is 6. The van der Waals surface area contributed by atoms with Gasteiger partial charge >= 0.3 is 0 Å². The van der Waals surface area contributed by atoms with E-state index < -0.39 is 0 Å². The highest BCUT2D eigenvalue weighted by Crippen LogP contribution is 2.37. The highest BCUT2D eigenvalue weighted by atomic mass is 16.5. The Hall–Kier alpha value is -5.49. The molecule has 220 valence electrons. The SMILES string of the molecule is Cc1cccc(C)c1-c1nc2ccc(Oc3ccc4c5ccccc5n(-c5cc(C(C)(C)C)ccn5)c4c3)cc2c2nccn12. The van der Waals surface area contributed by atoms with Crippen LogP contribution in [0.1, 0.15) is 37.5 Å². The number of hydrogen-bond donors (Lipinski definition) is 0. The second-order valence-electron chi connectivity index (χ2n) is 12.8. The molecule has 0 radical (unpaired) electrons. The number of aryl methyl sites for hydroxylation is 2. The summed E-state index contributed by atoms with van der Waals surface area (Å²) in [5.74, 6) is 3.26. The zero-order valence-electron chi connectivity index (χ0n) is 26.0. The number of nitrogens with zero attached hydrogens (tertiary/aromatic N) is 5. The van der Waals surface area contributed by atoms with Gasteiger partial charge in [0.25, 0.3) is 0 Å². The molecule has 0 atom stereocenters. The second-order valence-corrected chi connectivity index (χ2v) is 12.8. The van der Waals surface area contributed by atoms with Crippen molar-refractivity contribution in [1.82, 2.24) is 23.9 Å². The molecule has 4 aromatic carbocycles. The molecule has 0 amide bonds. The molecule has 8 aromatic rings. The molecular formula is C39H33N5O. The van der Waals surface area contributed by atoms with Crippen LogP contribution < -0.4 is 4.74 Å². The van der Waals surface area contributed by atoms with Crippen LogP contribution in [0.5, 0.6) is 11.5 Å². The molecule has 0 saturated heterocycles. The first-order valence-electron chi connectivity index (χ1n) is 15.3. The zero-order chi connectivity index (χ0) is 30.9. The first-order chi connectivity index (χ1) is 21.8. The van der Waals surface area contributed by atoms with Crippen LogP contribution in [-0.4, -0.2) is 23.9 Å². The summed E-state index contributed by atoms with van der Waals surface area (Å²) in [6.45, 7) is 10.9. The Bertz CT molecular complexity index is 2410. The molecule has 8 rings (SSSR count). The van der Waals surface area contributed by atoms with E-state index in [1.54, 1.807) is 0 Å². The topological polar surface area (TPSA) is 57.2 Å². The fourth-order valence-corrected chi connectivity index (χ4v) is 6.44. The van der Waals surface area contributed by atoms with E-state index in [9.17, 15) is 0 Å². The van der Waals surface area contributed by atoms with Crippen LogP contribution in [0.25, 0.3) is 55.6 Å². The maximum atomic E-state index is 6.54. The summed E-state index contributed by atoms with van der Waals surface area (Å²) in [5.41, 5.74) is 8.63. The average molecular weight is 588 g/mol. The minimum absolute atomic E-state index is 0.00937. The van der Waals surface area contributed by atoms with Crippen LogP contribution in [0.2, 0.25) is 0 Å². The number of rotatable bonds is 4. The number of para-hydroxylation sites is 1. The molecule has 6 nitrogen and oxygen atoms in total. The number of pyridine rings is 1. The maximum Gasteiger partial charge on any atom is 0.147 e. The van der Waals surface area contributed by atoms with E-state index in [0.29, 0.717) is 0 Å². The predicted octanol–water partition coefficient (Wildman–Crippen LogP) is 9.75. The molecule has 4 aromatic heterocycles. The van der Waals surface area contributed by atoms with Crippen molar-refractivity contribution in [3.05, 3.63) is 126 Å². The van der Waals surface area contributed by atoms with Crippen molar-refractivity contribution >= 4 is 38.4 Å². The summed E-state index contributed by atoms with van der Waals surface area (Å²) in [6, 6.07) is 31.4. The number of hydrogen-bond acceptors (Lipinski definition) is 4. The van der Waals surface area contributed by atoms with Gasteiger partial charge in [0.05, 0.1) is 16.6 Å². The Balaban J connectivity index is 1.24. The van der Waals surface area contributed by atoms with Crippen molar-refractivity contribution in [2.75, 3.05) is 0 Å². The van der Waals surface area contributed by atoms with Gasteiger partial charge in [-0.1, -0.05) is 57.2 Å². The van der Waals surface area contributed by atoms with E-state index in [2.05, 4.69) is 110 Å². The molecule has 0 fully saturated rings. The summed E-state index contributed by atoms with van der Waals surface area (Å²) in [6.07, 6.45) is 5.71. The van der Waals surface area contributed by atoms with Crippen molar-refractivity contribution in [3.63, 3.8) is 0 Å². The van der Waals surface area contributed by atoms with Crippen LogP contribution in [0.3, 0.4) is 0 Å². The van der Waals surface area contributed by atoms with Crippen molar-refractivity contribution in [3.8, 4) is 28.7 Å². The standard InChI is InChI=1S/C39H33N5O/c1-24-9-8-10-25(2)36(24)38-42-32-16-14-27(22-31(32)37-41-19-20-43(37)38)45-28-13-15-30-29-11-6-7-12-33(29)44(34(30)23-28)35-21-26(17-18-40-35)39(3,4)5/h6-23H,1-5H3. The summed E-state index contributed by atoms with van der Waals surface area (Å²) in [7, 11) is 0. The first kappa shape index (κ1) is 27.1. The van der Waals surface area contributed by atoms with Crippen LogP contribution in [0.4, 0.5) is 0 Å². The number of aromatic nitrogens is 5. The van der Waals surface area contributed by atoms with E-state index in [1.807, 2.05) is 42.9 Å². The van der Waals surface area contributed by atoms with E-state index in [0.717, 1.165) is 61.7 Å². The fraction of sp³-hybridized carbons (Fsp3) is 0.154. The van der Waals surface area contributed by atoms with Crippen LogP contribution in [0.15, 0.2) is 110 Å². The zero-order valence-corrected chi connectivity index (χ0v) is 26.0. The number of benzene rings is 4. The second kappa shape index (κ2) is 10.0. The van der Waals surface area contributed by atoms with Crippen molar-refractivity contribution < 1.29 is 4.74 Å². The summed E-state index contributed by atoms with van der Waals surface area (Å²) in [4.78, 5) is 14.7. The van der Waals surface area contributed by atoms with E-state index in [4.69, 9.17) is 19.7 Å². The summed E-state index contributed by atoms with van der Waals surface area (Å²) < 4.78 is 10.8. The Morgan fingerprint density at radius 2 is 1.42 bits per heavy atom. The highest BCUT2D eigenvalue weighted by molar-refractivity contribution is 6.09. The third-order valence-corrected chi connectivity index (χ3v) is 8.73. The van der Waals surface area contributed by atoms with Crippen molar-refractivity contribution in [1.29, 1.82) is 0 Å². The van der Waals surface area contributed by atoms with Gasteiger partial charge in [0.1, 0.15) is 28.8 Å². The van der Waals surface area contributed by atoms with Crippen molar-refractivity contribution in [2.24, 2.45) is 0 Å². The fourth-order valence-electron chi connectivity index (χ4n) is 6.44. The molecule has 0 spiro atoms. The van der Waals surface area contributed by atoms with Crippen molar-refractivity contribution in [2.45, 2.75) is 40.0 Å². The average Bonchev–Trinajstić information content (AvgIpc) is 3.64. The van der Waals surface area contributed by atoms with Gasteiger partial charge in [-0.3, -0.25) is 8.97 Å². The monoisotopic (exact) mass is 587 g/mol. The molecule has 0 N–H and O–H groups in total. The molecule has 0 aliphatic carbocycles. The maximum absolute atomic E-state index is 6.54. The highest BCUT2D eigenvalue weighted by Gasteiger charge is 2.19. The molecule has 0 aliphatic rings. The Labute approximate surface area is 261 Å². The smallest absolute Gasteiger partial charge is 0.147 e. The summed E-state index contributed by atoms with van der Waals surface area (Å²) >= 11 is 0.